The molecule has 0 radical (unpaired) electrons. The van der Waals surface area contributed by atoms with Crippen LogP contribution in [0, 0.1) is 10.1 Å². The van der Waals surface area contributed by atoms with Crippen LogP contribution in [0.1, 0.15) is 5.56 Å². The summed E-state index contributed by atoms with van der Waals surface area (Å²) in [7, 11) is -3.46. The summed E-state index contributed by atoms with van der Waals surface area (Å²) in [5.74, 6) is -0.510. The SMILES string of the molecule is CS(=O)(=O)c1ccccc1NC(=O)/C=C\c1ccc([N+](=O)[O-])cc1. The summed E-state index contributed by atoms with van der Waals surface area (Å²) < 4.78 is 23.4. The summed E-state index contributed by atoms with van der Waals surface area (Å²) in [4.78, 5) is 22.0. The number of sulfone groups is 1. The van der Waals surface area contributed by atoms with Crippen molar-refractivity contribution >= 4 is 33.2 Å². The highest BCUT2D eigenvalue weighted by Gasteiger charge is 2.13. The van der Waals surface area contributed by atoms with Crippen molar-refractivity contribution < 1.29 is 18.1 Å². The number of para-hydroxylation sites is 1. The summed E-state index contributed by atoms with van der Waals surface area (Å²) in [6, 6.07) is 11.8. The monoisotopic (exact) mass is 346 g/mol. The topological polar surface area (TPSA) is 106 Å². The first kappa shape index (κ1) is 17.4. The smallest absolute Gasteiger partial charge is 0.269 e. The van der Waals surface area contributed by atoms with Crippen LogP contribution in [0.5, 0.6) is 0 Å². The normalized spacial score (nSPS) is 11.4. The predicted molar refractivity (Wildman–Crippen MR) is 90.3 cm³/mol. The maximum atomic E-state index is 11.9. The van der Waals surface area contributed by atoms with Crippen LogP contribution in [0.3, 0.4) is 0 Å². The molecule has 0 saturated carbocycles. The van der Waals surface area contributed by atoms with Crippen LogP contribution in [0.4, 0.5) is 11.4 Å². The number of hydrogen-bond donors (Lipinski definition) is 1. The van der Waals surface area contributed by atoms with E-state index in [0.717, 1.165) is 6.26 Å². The van der Waals surface area contributed by atoms with Crippen molar-refractivity contribution in [3.8, 4) is 0 Å². The third-order valence-electron chi connectivity index (χ3n) is 3.08. The van der Waals surface area contributed by atoms with Gasteiger partial charge in [-0.3, -0.25) is 14.9 Å². The van der Waals surface area contributed by atoms with E-state index in [-0.39, 0.29) is 16.3 Å². The highest BCUT2D eigenvalue weighted by atomic mass is 32.2. The van der Waals surface area contributed by atoms with Crippen LogP contribution in [0.15, 0.2) is 59.5 Å². The molecular weight excluding hydrogens is 332 g/mol. The summed E-state index contributed by atoms with van der Waals surface area (Å²) in [5.41, 5.74) is 0.754. The quantitative estimate of drug-likeness (QED) is 0.509. The van der Waals surface area contributed by atoms with E-state index in [0.29, 0.717) is 5.56 Å². The van der Waals surface area contributed by atoms with Gasteiger partial charge in [0.25, 0.3) is 5.69 Å². The van der Waals surface area contributed by atoms with Crippen LogP contribution < -0.4 is 5.32 Å². The highest BCUT2D eigenvalue weighted by molar-refractivity contribution is 7.90. The fourth-order valence-electron chi connectivity index (χ4n) is 1.95. The molecule has 1 N–H and O–H groups in total. The van der Waals surface area contributed by atoms with Crippen LogP contribution in [-0.2, 0) is 14.6 Å². The zero-order valence-electron chi connectivity index (χ0n) is 12.7. The van der Waals surface area contributed by atoms with Crippen molar-refractivity contribution in [1.29, 1.82) is 0 Å². The first-order chi connectivity index (χ1) is 11.3. The molecule has 8 heteroatoms. The van der Waals surface area contributed by atoms with Gasteiger partial charge in [-0.25, -0.2) is 8.42 Å². The highest BCUT2D eigenvalue weighted by Crippen LogP contribution is 2.20. The average Bonchev–Trinajstić information content (AvgIpc) is 2.53. The molecule has 7 nitrogen and oxygen atoms in total. The van der Waals surface area contributed by atoms with E-state index in [2.05, 4.69) is 5.32 Å². The van der Waals surface area contributed by atoms with Crippen molar-refractivity contribution in [2.45, 2.75) is 4.90 Å². The van der Waals surface area contributed by atoms with Crippen molar-refractivity contribution in [2.75, 3.05) is 11.6 Å². The molecule has 124 valence electrons. The number of nitro benzene ring substituents is 1. The fourth-order valence-corrected chi connectivity index (χ4v) is 2.79. The Morgan fingerprint density at radius 2 is 1.75 bits per heavy atom. The molecular formula is C16H14N2O5S. The van der Waals surface area contributed by atoms with E-state index in [9.17, 15) is 23.3 Å². The Labute approximate surface area is 138 Å². The standard InChI is InChI=1S/C16H14N2O5S/c1-24(22,23)15-5-3-2-4-14(15)17-16(19)11-8-12-6-9-13(10-7-12)18(20)21/h2-11H,1H3,(H,17,19)/b11-8-. The summed E-state index contributed by atoms with van der Waals surface area (Å²) in [6.45, 7) is 0. The Morgan fingerprint density at radius 3 is 2.33 bits per heavy atom. The van der Waals surface area contributed by atoms with E-state index in [1.807, 2.05) is 0 Å². The predicted octanol–water partition coefficient (Wildman–Crippen LogP) is 2.65. The summed E-state index contributed by atoms with van der Waals surface area (Å²) >= 11 is 0. The Bertz CT molecular complexity index is 902. The minimum atomic E-state index is -3.46. The lowest BCUT2D eigenvalue weighted by Crippen LogP contribution is -2.11. The number of anilines is 1. The van der Waals surface area contributed by atoms with Crippen LogP contribution in [0.25, 0.3) is 6.08 Å². The number of rotatable bonds is 5. The Balaban J connectivity index is 2.13. The largest absolute Gasteiger partial charge is 0.321 e. The summed E-state index contributed by atoms with van der Waals surface area (Å²) in [5, 5.41) is 13.1. The molecule has 0 bridgehead atoms. The molecule has 0 aromatic heterocycles. The number of non-ortho nitro benzene ring substituents is 1. The van der Waals surface area contributed by atoms with Crippen molar-refractivity contribution in [3.05, 3.63) is 70.3 Å². The molecule has 24 heavy (non-hydrogen) atoms. The van der Waals surface area contributed by atoms with Gasteiger partial charge in [-0.15, -0.1) is 0 Å². The molecule has 0 spiro atoms. The molecule has 0 heterocycles. The van der Waals surface area contributed by atoms with Gasteiger partial charge in [0.05, 0.1) is 15.5 Å². The number of nitrogens with zero attached hydrogens (tertiary/aromatic N) is 1. The van der Waals surface area contributed by atoms with Gasteiger partial charge in [0.2, 0.25) is 5.91 Å². The van der Waals surface area contributed by atoms with Gasteiger partial charge >= 0.3 is 0 Å². The van der Waals surface area contributed by atoms with Gasteiger partial charge in [-0.1, -0.05) is 12.1 Å². The van der Waals surface area contributed by atoms with Gasteiger partial charge in [0.1, 0.15) is 0 Å². The molecule has 1 amide bonds. The lowest BCUT2D eigenvalue weighted by molar-refractivity contribution is -0.384. The average molecular weight is 346 g/mol. The van der Waals surface area contributed by atoms with Crippen LogP contribution in [-0.4, -0.2) is 25.5 Å². The number of carbonyl (C=O) groups excluding carboxylic acids is 1. The number of amides is 1. The molecule has 0 atom stereocenters. The molecule has 2 aromatic rings. The molecule has 0 aliphatic carbocycles. The van der Waals surface area contributed by atoms with E-state index >= 15 is 0 Å². The molecule has 2 rings (SSSR count). The Kier molecular flexibility index (Phi) is 5.10. The van der Waals surface area contributed by atoms with Crippen LogP contribution in [0.2, 0.25) is 0 Å². The summed E-state index contributed by atoms with van der Waals surface area (Å²) in [6.07, 6.45) is 3.76. The van der Waals surface area contributed by atoms with Gasteiger partial charge in [-0.05, 0) is 35.9 Å². The van der Waals surface area contributed by atoms with E-state index in [4.69, 9.17) is 0 Å². The number of nitrogens with one attached hydrogen (secondary N) is 1. The molecule has 0 unspecified atom stereocenters. The van der Waals surface area contributed by atoms with E-state index in [1.165, 1.54) is 48.6 Å². The molecule has 0 aliphatic heterocycles. The van der Waals surface area contributed by atoms with Gasteiger partial charge in [0, 0.05) is 24.5 Å². The number of hydrogen-bond acceptors (Lipinski definition) is 5. The number of benzene rings is 2. The second kappa shape index (κ2) is 7.05. The third-order valence-corrected chi connectivity index (χ3v) is 4.23. The Hall–Kier alpha value is -3.00. The molecule has 2 aromatic carbocycles. The second-order valence-electron chi connectivity index (χ2n) is 4.94. The zero-order valence-corrected chi connectivity index (χ0v) is 13.5. The molecule has 0 saturated heterocycles. The maximum Gasteiger partial charge on any atom is 0.269 e. The van der Waals surface area contributed by atoms with Gasteiger partial charge < -0.3 is 5.32 Å². The van der Waals surface area contributed by atoms with Crippen molar-refractivity contribution in [2.24, 2.45) is 0 Å². The Morgan fingerprint density at radius 1 is 1.12 bits per heavy atom. The first-order valence-corrected chi connectivity index (χ1v) is 8.69. The maximum absolute atomic E-state index is 11.9. The van der Waals surface area contributed by atoms with E-state index < -0.39 is 20.7 Å². The third kappa shape index (κ3) is 4.50. The van der Waals surface area contributed by atoms with Crippen LogP contribution >= 0.6 is 0 Å². The van der Waals surface area contributed by atoms with Gasteiger partial charge in [0.15, 0.2) is 9.84 Å². The second-order valence-corrected chi connectivity index (χ2v) is 6.92. The fraction of sp³-hybridized carbons (Fsp3) is 0.0625. The van der Waals surface area contributed by atoms with Gasteiger partial charge in [-0.2, -0.15) is 0 Å². The first-order valence-electron chi connectivity index (χ1n) is 6.80. The lowest BCUT2D eigenvalue weighted by Gasteiger charge is -2.07. The molecule has 0 fully saturated rings. The lowest BCUT2D eigenvalue weighted by atomic mass is 10.2. The van der Waals surface area contributed by atoms with Crippen molar-refractivity contribution in [1.82, 2.24) is 0 Å². The zero-order chi connectivity index (χ0) is 17.7. The molecule has 0 aliphatic rings. The number of carbonyl (C=O) groups is 1. The van der Waals surface area contributed by atoms with Crippen molar-refractivity contribution in [3.63, 3.8) is 0 Å². The minimum Gasteiger partial charge on any atom is -0.321 e. The number of nitro groups is 1. The van der Waals surface area contributed by atoms with E-state index in [1.54, 1.807) is 12.1 Å². The minimum absolute atomic E-state index is 0.0297.